The van der Waals surface area contributed by atoms with Crippen LogP contribution in [0.15, 0.2) is 88.1 Å². The Bertz CT molecular complexity index is 878. The summed E-state index contributed by atoms with van der Waals surface area (Å²) in [6.07, 6.45) is -2.31. The summed E-state index contributed by atoms with van der Waals surface area (Å²) in [4.78, 5) is 0. The Labute approximate surface area is 171 Å². The van der Waals surface area contributed by atoms with E-state index in [-0.39, 0.29) is 0 Å². The second kappa shape index (κ2) is 8.02. The van der Waals surface area contributed by atoms with Gasteiger partial charge in [0.15, 0.2) is 8.07 Å². The van der Waals surface area contributed by atoms with Gasteiger partial charge in [-0.25, -0.2) is 0 Å². The molecule has 3 rings (SSSR count). The first-order valence-electron chi connectivity index (χ1n) is 8.48. The Morgan fingerprint density at radius 3 is 1.63 bits per heavy atom. The van der Waals surface area contributed by atoms with Crippen LogP contribution < -0.4 is 10.4 Å². The SMILES string of the molecule is C[Si](/C(I)=C\c1ccc(C(F)(F)F)cc1)(c1ccccc1)c1ccccc1. The van der Waals surface area contributed by atoms with Crippen molar-refractivity contribution in [3.8, 4) is 0 Å². The molecule has 0 unspecified atom stereocenters. The second-order valence-electron chi connectivity index (χ2n) is 6.47. The molecule has 0 saturated heterocycles. The molecule has 3 aromatic rings. The molecule has 0 spiro atoms. The van der Waals surface area contributed by atoms with Crippen LogP contribution in [0.3, 0.4) is 0 Å². The molecule has 27 heavy (non-hydrogen) atoms. The van der Waals surface area contributed by atoms with E-state index < -0.39 is 19.8 Å². The molecule has 0 atom stereocenters. The molecule has 0 amide bonds. The first-order valence-corrected chi connectivity index (χ1v) is 12.1. The van der Waals surface area contributed by atoms with Crippen molar-refractivity contribution in [1.29, 1.82) is 0 Å². The number of hydrogen-bond donors (Lipinski definition) is 0. The maximum absolute atomic E-state index is 12.8. The molecular weight excluding hydrogens is 476 g/mol. The summed E-state index contributed by atoms with van der Waals surface area (Å²) >= 11 is 2.36. The fourth-order valence-electron chi connectivity index (χ4n) is 3.04. The average molecular weight is 494 g/mol. The molecule has 5 heteroatoms. The summed E-state index contributed by atoms with van der Waals surface area (Å²) in [5.41, 5.74) is 0.152. The Balaban J connectivity index is 2.06. The summed E-state index contributed by atoms with van der Waals surface area (Å²) in [5, 5.41) is 2.53. The number of benzene rings is 3. The van der Waals surface area contributed by atoms with Crippen LogP contribution >= 0.6 is 22.6 Å². The smallest absolute Gasteiger partial charge is 0.166 e. The Hall–Kier alpha value is -1.86. The van der Waals surface area contributed by atoms with Gasteiger partial charge in [-0.15, -0.1) is 0 Å². The molecule has 0 fully saturated rings. The van der Waals surface area contributed by atoms with E-state index in [1.54, 1.807) is 0 Å². The number of alkyl halides is 3. The van der Waals surface area contributed by atoms with Crippen molar-refractivity contribution in [3.05, 3.63) is 99.3 Å². The number of hydrogen-bond acceptors (Lipinski definition) is 0. The minimum absolute atomic E-state index is 0.624. The van der Waals surface area contributed by atoms with E-state index >= 15 is 0 Å². The van der Waals surface area contributed by atoms with Crippen molar-refractivity contribution in [2.45, 2.75) is 12.7 Å². The highest BCUT2D eigenvalue weighted by Crippen LogP contribution is 2.30. The highest BCUT2D eigenvalue weighted by atomic mass is 127. The number of halogens is 4. The molecule has 3 aromatic carbocycles. The molecule has 0 aliphatic heterocycles. The van der Waals surface area contributed by atoms with Gasteiger partial charge in [0.1, 0.15) is 0 Å². The van der Waals surface area contributed by atoms with Gasteiger partial charge in [0.05, 0.1) is 5.56 Å². The lowest BCUT2D eigenvalue weighted by molar-refractivity contribution is -0.137. The Morgan fingerprint density at radius 1 is 0.778 bits per heavy atom. The fourth-order valence-corrected chi connectivity index (χ4v) is 8.33. The zero-order valence-electron chi connectivity index (χ0n) is 14.7. The van der Waals surface area contributed by atoms with Gasteiger partial charge in [-0.05, 0) is 37.3 Å². The predicted molar refractivity (Wildman–Crippen MR) is 117 cm³/mol. The third kappa shape index (κ3) is 4.35. The van der Waals surface area contributed by atoms with Gasteiger partial charge in [0.2, 0.25) is 0 Å². The van der Waals surface area contributed by atoms with E-state index in [2.05, 4.69) is 53.4 Å². The van der Waals surface area contributed by atoms with Crippen LogP contribution in [0.4, 0.5) is 13.2 Å². The largest absolute Gasteiger partial charge is 0.416 e. The van der Waals surface area contributed by atoms with Crippen molar-refractivity contribution in [3.63, 3.8) is 0 Å². The first kappa shape index (κ1) is 19.9. The fraction of sp³-hybridized carbons (Fsp3) is 0.0909. The van der Waals surface area contributed by atoms with Gasteiger partial charge in [-0.3, -0.25) is 0 Å². The molecule has 0 aliphatic carbocycles. The van der Waals surface area contributed by atoms with Crippen LogP contribution in [0.25, 0.3) is 6.08 Å². The topological polar surface area (TPSA) is 0 Å². The Morgan fingerprint density at radius 2 is 1.22 bits per heavy atom. The lowest BCUT2D eigenvalue weighted by Gasteiger charge is -2.29. The summed E-state index contributed by atoms with van der Waals surface area (Å²) in [7, 11) is -2.21. The molecule has 0 nitrogen and oxygen atoms in total. The molecule has 0 aliphatic rings. The van der Waals surface area contributed by atoms with Crippen LogP contribution in [0.1, 0.15) is 11.1 Å². The van der Waals surface area contributed by atoms with Gasteiger partial charge >= 0.3 is 6.18 Å². The van der Waals surface area contributed by atoms with Crippen molar-refractivity contribution in [2.24, 2.45) is 0 Å². The van der Waals surface area contributed by atoms with Crippen LogP contribution in [0.5, 0.6) is 0 Å². The van der Waals surface area contributed by atoms with E-state index in [4.69, 9.17) is 0 Å². The molecule has 0 saturated carbocycles. The van der Waals surface area contributed by atoms with Crippen molar-refractivity contribution >= 4 is 47.1 Å². The van der Waals surface area contributed by atoms with Crippen LogP contribution in [-0.4, -0.2) is 8.07 Å². The van der Waals surface area contributed by atoms with Gasteiger partial charge in [0.25, 0.3) is 0 Å². The third-order valence-electron chi connectivity index (χ3n) is 4.71. The van der Waals surface area contributed by atoms with Crippen LogP contribution in [0.2, 0.25) is 6.55 Å². The van der Waals surface area contributed by atoms with E-state index in [0.29, 0.717) is 0 Å². The molecule has 138 valence electrons. The summed E-state index contributed by atoms with van der Waals surface area (Å²) < 4.78 is 39.6. The number of rotatable bonds is 4. The van der Waals surface area contributed by atoms with Crippen molar-refractivity contribution in [1.82, 2.24) is 0 Å². The van der Waals surface area contributed by atoms with Gasteiger partial charge in [-0.1, -0.05) is 102 Å². The van der Waals surface area contributed by atoms with Crippen LogP contribution in [0, 0.1) is 0 Å². The zero-order chi connectivity index (χ0) is 19.5. The quantitative estimate of drug-likeness (QED) is 0.313. The summed E-state index contributed by atoms with van der Waals surface area (Å²) in [6, 6.07) is 26.0. The molecular formula is C22H18F3ISi. The first-order chi connectivity index (χ1) is 12.8. The molecule has 0 N–H and O–H groups in total. The second-order valence-corrected chi connectivity index (χ2v) is 12.6. The monoisotopic (exact) mass is 494 g/mol. The lowest BCUT2D eigenvalue weighted by atomic mass is 10.1. The molecule has 0 aromatic heterocycles. The van der Waals surface area contributed by atoms with Gasteiger partial charge in [0, 0.05) is 0 Å². The summed E-state index contributed by atoms with van der Waals surface area (Å²) in [5.74, 6) is 0. The summed E-state index contributed by atoms with van der Waals surface area (Å²) in [6.45, 7) is 2.28. The predicted octanol–water partition coefficient (Wildman–Crippen LogP) is 5.91. The standard InChI is InChI=1S/C22H18F3ISi/c1-27(19-8-4-2-5-9-19,20-10-6-3-7-11-20)21(26)16-17-12-14-18(15-13-17)22(23,24)25/h2-16H,1H3/b21-16-. The van der Waals surface area contributed by atoms with Crippen molar-refractivity contribution in [2.75, 3.05) is 0 Å². The third-order valence-corrected chi connectivity index (χ3v) is 12.3. The van der Waals surface area contributed by atoms with E-state index in [1.165, 1.54) is 22.5 Å². The minimum atomic E-state index is -4.31. The van der Waals surface area contributed by atoms with E-state index in [0.717, 1.165) is 20.9 Å². The van der Waals surface area contributed by atoms with E-state index in [1.807, 2.05) is 42.5 Å². The Kier molecular flexibility index (Phi) is 5.91. The molecule has 0 radical (unpaired) electrons. The van der Waals surface area contributed by atoms with Crippen LogP contribution in [-0.2, 0) is 6.18 Å². The highest BCUT2D eigenvalue weighted by Gasteiger charge is 2.35. The molecule has 0 bridgehead atoms. The maximum atomic E-state index is 12.8. The van der Waals surface area contributed by atoms with E-state index in [9.17, 15) is 13.2 Å². The van der Waals surface area contributed by atoms with Crippen molar-refractivity contribution < 1.29 is 13.2 Å². The minimum Gasteiger partial charge on any atom is -0.166 e. The maximum Gasteiger partial charge on any atom is 0.416 e. The zero-order valence-corrected chi connectivity index (χ0v) is 17.8. The lowest BCUT2D eigenvalue weighted by Crippen LogP contribution is -2.56. The average Bonchev–Trinajstić information content (AvgIpc) is 2.68. The normalized spacial score (nSPS) is 12.9. The van der Waals surface area contributed by atoms with Gasteiger partial charge < -0.3 is 0 Å². The van der Waals surface area contributed by atoms with Gasteiger partial charge in [-0.2, -0.15) is 13.2 Å². The highest BCUT2D eigenvalue weighted by molar-refractivity contribution is 14.1. The molecule has 0 heterocycles.